The highest BCUT2D eigenvalue weighted by atomic mass is 16.8. The van der Waals surface area contributed by atoms with E-state index in [1.807, 2.05) is 0 Å². The van der Waals surface area contributed by atoms with Gasteiger partial charge in [-0.3, -0.25) is 0 Å². The van der Waals surface area contributed by atoms with Crippen LogP contribution in [0.15, 0.2) is 48.6 Å². The number of carbonyl (C=O) groups is 2. The summed E-state index contributed by atoms with van der Waals surface area (Å²) in [6, 6.07) is 7.99. The van der Waals surface area contributed by atoms with Crippen LogP contribution in [0.3, 0.4) is 0 Å². The van der Waals surface area contributed by atoms with Gasteiger partial charge in [-0.15, -0.1) is 0 Å². The van der Waals surface area contributed by atoms with Crippen LogP contribution < -0.4 is 4.74 Å². The first-order valence-corrected chi connectivity index (χ1v) is 14.4. The van der Waals surface area contributed by atoms with Crippen LogP contribution in [-0.4, -0.2) is 140 Å². The van der Waals surface area contributed by atoms with E-state index < -0.39 is 92.3 Å². The molecule has 2 aliphatic rings. The topological polar surface area (TPSA) is 272 Å². The number of phenols is 3. The van der Waals surface area contributed by atoms with Gasteiger partial charge in [0.25, 0.3) is 0 Å². The van der Waals surface area contributed by atoms with Crippen LogP contribution in [-0.2, 0) is 33.3 Å². The largest absolute Gasteiger partial charge is 0.504 e. The van der Waals surface area contributed by atoms with Crippen molar-refractivity contribution in [1.82, 2.24) is 0 Å². The fourth-order valence-corrected chi connectivity index (χ4v) is 4.91. The molecule has 9 N–H and O–H groups in total. The SMILES string of the molecule is COc1cc(C=CC(=O)OC2C(O)C(CO)OC2(CO)OC2OC(COC(=O)C=Cc3ccc(O)c(O)c3)C(O)C(O)C2O)ccc1O. The average Bonchev–Trinajstić information content (AvgIpc) is 3.34. The maximum atomic E-state index is 12.8. The van der Waals surface area contributed by atoms with E-state index in [9.17, 15) is 55.5 Å². The number of aliphatic hydroxyl groups excluding tert-OH is 6. The lowest BCUT2D eigenvalue weighted by Crippen LogP contribution is -2.63. The molecule has 2 fully saturated rings. The molecular formula is C31H36O17. The summed E-state index contributed by atoms with van der Waals surface area (Å²) in [5, 5.41) is 91.2. The third kappa shape index (κ3) is 8.21. The van der Waals surface area contributed by atoms with Gasteiger partial charge in [-0.25, -0.2) is 9.59 Å². The van der Waals surface area contributed by atoms with Crippen molar-refractivity contribution in [2.45, 2.75) is 54.8 Å². The minimum atomic E-state index is -2.48. The fraction of sp³-hybridized carbons (Fsp3) is 0.419. The van der Waals surface area contributed by atoms with E-state index >= 15 is 0 Å². The van der Waals surface area contributed by atoms with Crippen molar-refractivity contribution in [2.24, 2.45) is 0 Å². The molecule has 262 valence electrons. The Hall–Kier alpha value is -4.30. The van der Waals surface area contributed by atoms with E-state index in [2.05, 4.69) is 0 Å². The Morgan fingerprint density at radius 2 is 1.46 bits per heavy atom. The van der Waals surface area contributed by atoms with Gasteiger partial charge in [0, 0.05) is 12.2 Å². The highest BCUT2D eigenvalue weighted by molar-refractivity contribution is 5.88. The van der Waals surface area contributed by atoms with Crippen molar-refractivity contribution in [1.29, 1.82) is 0 Å². The molecule has 2 aliphatic heterocycles. The molecule has 0 amide bonds. The highest BCUT2D eigenvalue weighted by Gasteiger charge is 2.60. The summed E-state index contributed by atoms with van der Waals surface area (Å²) in [5.41, 5.74) is 0.750. The molecule has 2 aromatic carbocycles. The number of hydrogen-bond acceptors (Lipinski definition) is 17. The molecule has 0 aromatic heterocycles. The molecule has 2 aromatic rings. The third-order valence-electron chi connectivity index (χ3n) is 7.52. The van der Waals surface area contributed by atoms with Gasteiger partial charge in [0.05, 0.1) is 13.7 Å². The summed E-state index contributed by atoms with van der Waals surface area (Å²) in [6.07, 6.45) is -9.85. The van der Waals surface area contributed by atoms with Gasteiger partial charge in [-0.2, -0.15) is 0 Å². The maximum Gasteiger partial charge on any atom is 0.331 e. The molecule has 9 unspecified atom stereocenters. The van der Waals surface area contributed by atoms with Crippen molar-refractivity contribution in [3.8, 4) is 23.0 Å². The lowest BCUT2D eigenvalue weighted by Gasteiger charge is -2.43. The monoisotopic (exact) mass is 680 g/mol. The summed E-state index contributed by atoms with van der Waals surface area (Å²) in [5.74, 6) is -5.30. The van der Waals surface area contributed by atoms with E-state index in [1.165, 1.54) is 55.7 Å². The number of rotatable bonds is 12. The zero-order chi connectivity index (χ0) is 35.2. The van der Waals surface area contributed by atoms with Crippen LogP contribution >= 0.6 is 0 Å². The fourth-order valence-electron chi connectivity index (χ4n) is 4.91. The number of phenolic OH excluding ortho intramolecular Hbond substituents is 3. The number of ether oxygens (including phenoxy) is 6. The first-order chi connectivity index (χ1) is 22.8. The van der Waals surface area contributed by atoms with E-state index in [0.717, 1.165) is 12.2 Å². The minimum Gasteiger partial charge on any atom is -0.504 e. The molecule has 48 heavy (non-hydrogen) atoms. The highest BCUT2D eigenvalue weighted by Crippen LogP contribution is 2.38. The van der Waals surface area contributed by atoms with Crippen molar-refractivity contribution in [3.63, 3.8) is 0 Å². The van der Waals surface area contributed by atoms with Gasteiger partial charge >= 0.3 is 11.9 Å². The Balaban J connectivity index is 1.46. The summed E-state index contributed by atoms with van der Waals surface area (Å²) < 4.78 is 32.2. The van der Waals surface area contributed by atoms with Gasteiger partial charge in [-0.05, 0) is 47.5 Å². The molecule has 2 saturated heterocycles. The van der Waals surface area contributed by atoms with Crippen LogP contribution in [0.4, 0.5) is 0 Å². The molecule has 0 saturated carbocycles. The zero-order valence-electron chi connectivity index (χ0n) is 25.3. The smallest absolute Gasteiger partial charge is 0.331 e. The van der Waals surface area contributed by atoms with Crippen LogP contribution in [0, 0.1) is 0 Å². The second kappa shape index (κ2) is 15.7. The molecule has 2 heterocycles. The normalized spacial score (nSPS) is 30.5. The van der Waals surface area contributed by atoms with Crippen molar-refractivity contribution < 1.29 is 84.0 Å². The summed E-state index contributed by atoms with van der Waals surface area (Å²) in [4.78, 5) is 25.1. The van der Waals surface area contributed by atoms with Gasteiger partial charge in [0.1, 0.15) is 49.8 Å². The number of hydrogen-bond donors (Lipinski definition) is 9. The van der Waals surface area contributed by atoms with Crippen molar-refractivity contribution in [2.75, 3.05) is 26.9 Å². The summed E-state index contributed by atoms with van der Waals surface area (Å²) in [7, 11) is 1.33. The molecule has 0 radical (unpaired) electrons. The van der Waals surface area contributed by atoms with Crippen LogP contribution in [0.2, 0.25) is 0 Å². The Labute approximate surface area is 272 Å². The summed E-state index contributed by atoms with van der Waals surface area (Å²) in [6.45, 7) is -2.65. The Bertz CT molecular complexity index is 1490. The lowest BCUT2D eigenvalue weighted by molar-refractivity contribution is -0.383. The quantitative estimate of drug-likeness (QED) is 0.0684. The van der Waals surface area contributed by atoms with E-state index in [-0.39, 0.29) is 17.2 Å². The molecule has 0 spiro atoms. The Morgan fingerprint density at radius 1 is 0.812 bits per heavy atom. The second-order valence-electron chi connectivity index (χ2n) is 10.8. The molecule has 17 heteroatoms. The lowest BCUT2D eigenvalue weighted by atomic mass is 9.99. The Morgan fingerprint density at radius 3 is 2.08 bits per heavy atom. The maximum absolute atomic E-state index is 12.8. The van der Waals surface area contributed by atoms with Crippen LogP contribution in [0.25, 0.3) is 12.2 Å². The van der Waals surface area contributed by atoms with E-state index in [0.29, 0.717) is 11.1 Å². The number of methoxy groups -OCH3 is 1. The summed E-state index contributed by atoms with van der Waals surface area (Å²) >= 11 is 0. The molecular weight excluding hydrogens is 644 g/mol. The molecule has 9 atom stereocenters. The Kier molecular flexibility index (Phi) is 12.0. The number of carbonyl (C=O) groups excluding carboxylic acids is 2. The van der Waals surface area contributed by atoms with Crippen molar-refractivity contribution in [3.05, 3.63) is 59.7 Å². The molecule has 0 bridgehead atoms. The average molecular weight is 681 g/mol. The van der Waals surface area contributed by atoms with E-state index in [4.69, 9.17) is 28.4 Å². The number of benzene rings is 2. The van der Waals surface area contributed by atoms with Gasteiger partial charge < -0.3 is 74.4 Å². The first-order valence-electron chi connectivity index (χ1n) is 14.4. The van der Waals surface area contributed by atoms with Gasteiger partial charge in [-0.1, -0.05) is 12.1 Å². The number of aliphatic hydroxyl groups is 6. The van der Waals surface area contributed by atoms with Gasteiger partial charge in [0.2, 0.25) is 5.79 Å². The first kappa shape index (κ1) is 36.5. The van der Waals surface area contributed by atoms with E-state index in [1.54, 1.807) is 0 Å². The molecule has 0 aliphatic carbocycles. The van der Waals surface area contributed by atoms with Crippen LogP contribution in [0.1, 0.15) is 11.1 Å². The van der Waals surface area contributed by atoms with Gasteiger partial charge in [0.15, 0.2) is 35.4 Å². The second-order valence-corrected chi connectivity index (χ2v) is 10.8. The predicted octanol–water partition coefficient (Wildman–Crippen LogP) is -1.74. The zero-order valence-corrected chi connectivity index (χ0v) is 25.3. The molecule has 4 rings (SSSR count). The van der Waals surface area contributed by atoms with Crippen molar-refractivity contribution >= 4 is 24.1 Å². The van der Waals surface area contributed by atoms with Crippen LogP contribution in [0.5, 0.6) is 23.0 Å². The number of aromatic hydroxyl groups is 3. The minimum absolute atomic E-state index is 0.127. The predicted molar refractivity (Wildman–Crippen MR) is 159 cm³/mol. The third-order valence-corrected chi connectivity index (χ3v) is 7.52. The standard InChI is InChI=1S/C31H36O17/c1-43-20-11-16(3-7-18(20)35)5-9-24(38)46-29-26(40)21(12-32)47-31(29,14-33)48-30-28(42)27(41)25(39)22(45-30)13-44-23(37)8-4-15-2-6-17(34)19(36)10-15/h2-11,21-22,25-30,32-36,39-42H,12-14H2,1H3. The number of esters is 2. The molecule has 17 nitrogen and oxygen atoms in total.